The number of aryl methyl sites for hydroxylation is 1. The van der Waals surface area contributed by atoms with Gasteiger partial charge in [0.15, 0.2) is 5.78 Å². The fourth-order valence-corrected chi connectivity index (χ4v) is 7.73. The molecule has 0 aliphatic carbocycles. The molecular formula is C25H22Cl2F3NO4S2. The Balaban J connectivity index is 1.36. The second kappa shape index (κ2) is 11.3. The van der Waals surface area contributed by atoms with Crippen LogP contribution in [-0.2, 0) is 34.0 Å². The minimum Gasteiger partial charge on any atom is -0.489 e. The highest BCUT2D eigenvalue weighted by Crippen LogP contribution is 2.34. The van der Waals surface area contributed by atoms with E-state index in [2.05, 4.69) is 0 Å². The smallest absolute Gasteiger partial charge is 0.416 e. The van der Waals surface area contributed by atoms with E-state index in [4.69, 9.17) is 27.9 Å². The summed E-state index contributed by atoms with van der Waals surface area (Å²) in [5.74, 6) is -0.0988. The molecule has 0 saturated carbocycles. The van der Waals surface area contributed by atoms with Gasteiger partial charge in [0.2, 0.25) is 0 Å². The molecule has 1 fully saturated rings. The summed E-state index contributed by atoms with van der Waals surface area (Å²) in [5, 5.41) is 0.391. The summed E-state index contributed by atoms with van der Waals surface area (Å²) in [6, 6.07) is 11.9. The van der Waals surface area contributed by atoms with Crippen LogP contribution in [0.3, 0.4) is 0 Å². The fourth-order valence-electron chi connectivity index (χ4n) is 4.14. The van der Waals surface area contributed by atoms with Crippen LogP contribution >= 0.6 is 34.5 Å². The number of carbonyl (C=O) groups excluding carboxylic acids is 1. The van der Waals surface area contributed by atoms with Crippen LogP contribution in [0.5, 0.6) is 5.75 Å². The predicted octanol–water partition coefficient (Wildman–Crippen LogP) is 7.01. The van der Waals surface area contributed by atoms with Gasteiger partial charge < -0.3 is 4.74 Å². The van der Waals surface area contributed by atoms with Crippen molar-refractivity contribution in [2.24, 2.45) is 0 Å². The van der Waals surface area contributed by atoms with Gasteiger partial charge in [-0.2, -0.15) is 17.5 Å². The number of nitrogens with zero attached hydrogens (tertiary/aromatic N) is 1. The third kappa shape index (κ3) is 6.67. The summed E-state index contributed by atoms with van der Waals surface area (Å²) < 4.78 is 71.9. The van der Waals surface area contributed by atoms with Crippen LogP contribution in [0.4, 0.5) is 13.2 Å². The van der Waals surface area contributed by atoms with E-state index in [0.29, 0.717) is 39.7 Å². The standard InChI is InChI=1S/C25H22Cl2F3NO4S2/c26-20-13-16(15-35-19-4-1-3-18(14-19)25(28,29)30)6-7-17(20)8-9-22(32)21-5-2-12-31(21)37(33,34)24-11-10-23(27)36-24/h1,3-4,6-7,10-11,13-14,21H,2,5,8-9,12,15H2/t21-/m0/s1. The fraction of sp³-hybridized carbons (Fsp3) is 0.320. The van der Waals surface area contributed by atoms with E-state index in [-0.39, 0.29) is 35.3 Å². The lowest BCUT2D eigenvalue weighted by molar-refractivity contribution is -0.137. The van der Waals surface area contributed by atoms with Crippen molar-refractivity contribution in [3.63, 3.8) is 0 Å². The lowest BCUT2D eigenvalue weighted by Crippen LogP contribution is -2.40. The third-order valence-corrected chi connectivity index (χ3v) is 9.97. The van der Waals surface area contributed by atoms with Crippen LogP contribution < -0.4 is 4.74 Å². The van der Waals surface area contributed by atoms with Crippen LogP contribution in [0.1, 0.15) is 36.0 Å². The first-order valence-corrected chi connectivity index (χ1v) is 14.3. The van der Waals surface area contributed by atoms with E-state index in [1.807, 2.05) is 0 Å². The molecule has 0 unspecified atom stereocenters. The number of alkyl halides is 3. The number of hydrogen-bond acceptors (Lipinski definition) is 5. The number of ether oxygens (including phenoxy) is 1. The lowest BCUT2D eigenvalue weighted by atomic mass is 10.0. The topological polar surface area (TPSA) is 63.7 Å². The molecule has 1 aromatic heterocycles. The molecule has 1 saturated heterocycles. The van der Waals surface area contributed by atoms with Gasteiger partial charge in [-0.15, -0.1) is 11.3 Å². The number of hydrogen-bond donors (Lipinski definition) is 0. The monoisotopic (exact) mass is 591 g/mol. The van der Waals surface area contributed by atoms with E-state index in [1.165, 1.54) is 28.6 Å². The molecule has 0 radical (unpaired) electrons. The molecule has 1 aliphatic heterocycles. The Morgan fingerprint density at radius 3 is 2.57 bits per heavy atom. The molecule has 5 nitrogen and oxygen atoms in total. The zero-order valence-electron chi connectivity index (χ0n) is 19.3. The van der Waals surface area contributed by atoms with Crippen LogP contribution in [0, 0.1) is 0 Å². The van der Waals surface area contributed by atoms with Gasteiger partial charge in [0.25, 0.3) is 10.0 Å². The van der Waals surface area contributed by atoms with Gasteiger partial charge >= 0.3 is 6.18 Å². The van der Waals surface area contributed by atoms with E-state index < -0.39 is 27.8 Å². The van der Waals surface area contributed by atoms with Gasteiger partial charge in [0.1, 0.15) is 16.6 Å². The molecule has 37 heavy (non-hydrogen) atoms. The van der Waals surface area contributed by atoms with E-state index in [0.717, 1.165) is 23.5 Å². The summed E-state index contributed by atoms with van der Waals surface area (Å²) >= 11 is 13.2. The Kier molecular flexibility index (Phi) is 8.55. The Hall–Kier alpha value is -2.11. The summed E-state index contributed by atoms with van der Waals surface area (Å²) in [6.45, 7) is 0.289. The van der Waals surface area contributed by atoms with Crippen LogP contribution in [0.25, 0.3) is 0 Å². The van der Waals surface area contributed by atoms with Gasteiger partial charge in [0, 0.05) is 18.0 Å². The molecule has 2 aromatic carbocycles. The molecule has 3 aromatic rings. The zero-order valence-corrected chi connectivity index (χ0v) is 22.4. The van der Waals surface area contributed by atoms with E-state index in [1.54, 1.807) is 18.2 Å². The normalized spacial score (nSPS) is 16.7. The Labute approximate surface area is 226 Å². The molecule has 4 rings (SSSR count). The van der Waals surface area contributed by atoms with Crippen LogP contribution in [0.15, 0.2) is 58.8 Å². The molecule has 2 heterocycles. The number of sulfonamides is 1. The maximum atomic E-state index is 13.0. The largest absolute Gasteiger partial charge is 0.489 e. The van der Waals surface area contributed by atoms with Gasteiger partial charge in [-0.05, 0) is 66.8 Å². The average molecular weight is 592 g/mol. The summed E-state index contributed by atoms with van der Waals surface area (Å²) in [6.07, 6.45) is -2.98. The molecule has 1 aliphatic rings. The van der Waals surface area contributed by atoms with Crippen molar-refractivity contribution in [1.29, 1.82) is 0 Å². The first kappa shape index (κ1) is 27.9. The zero-order chi connectivity index (χ0) is 26.8. The quantitative estimate of drug-likeness (QED) is 0.268. The van der Waals surface area contributed by atoms with Gasteiger partial charge in [-0.25, -0.2) is 8.42 Å². The first-order valence-electron chi connectivity index (χ1n) is 11.3. The van der Waals surface area contributed by atoms with Crippen molar-refractivity contribution in [3.05, 3.63) is 80.6 Å². The lowest BCUT2D eigenvalue weighted by Gasteiger charge is -2.22. The number of thiophene rings is 1. The maximum absolute atomic E-state index is 13.0. The molecule has 198 valence electrons. The maximum Gasteiger partial charge on any atom is 0.416 e. The molecule has 12 heteroatoms. The molecular weight excluding hydrogens is 570 g/mol. The van der Waals surface area contributed by atoms with Gasteiger partial charge in [-0.3, -0.25) is 4.79 Å². The third-order valence-electron chi connectivity index (χ3n) is 6.01. The van der Waals surface area contributed by atoms with Crippen molar-refractivity contribution < 1.29 is 31.1 Å². The number of rotatable bonds is 9. The van der Waals surface area contributed by atoms with Crippen LogP contribution in [-0.4, -0.2) is 31.1 Å². The van der Waals surface area contributed by atoms with Gasteiger partial charge in [0.05, 0.1) is 15.9 Å². The predicted molar refractivity (Wildman–Crippen MR) is 137 cm³/mol. The van der Waals surface area contributed by atoms with E-state index in [9.17, 15) is 26.4 Å². The first-order chi connectivity index (χ1) is 17.4. The molecule has 1 atom stereocenters. The van der Waals surface area contributed by atoms with Gasteiger partial charge in [-0.1, -0.05) is 41.4 Å². The molecule has 0 spiro atoms. The van der Waals surface area contributed by atoms with Crippen molar-refractivity contribution in [2.75, 3.05) is 6.54 Å². The average Bonchev–Trinajstić information content (AvgIpc) is 3.52. The molecule has 0 bridgehead atoms. The van der Waals surface area contributed by atoms with Crippen molar-refractivity contribution in [3.8, 4) is 5.75 Å². The SMILES string of the molecule is O=C(CCc1ccc(COc2cccc(C(F)(F)F)c2)cc1Cl)[C@@H]1CCCN1S(=O)(=O)c1ccc(Cl)s1. The number of halogens is 5. The second-order valence-corrected chi connectivity index (χ2v) is 12.8. The number of ketones is 1. The second-order valence-electron chi connectivity index (χ2n) is 8.54. The Morgan fingerprint density at radius 2 is 1.89 bits per heavy atom. The highest BCUT2D eigenvalue weighted by molar-refractivity contribution is 7.91. The summed E-state index contributed by atoms with van der Waals surface area (Å²) in [7, 11) is -3.80. The minimum absolute atomic E-state index is 0.0157. The minimum atomic E-state index is -4.46. The number of Topliss-reactive ketones (excluding diaryl/α,β-unsaturated/α-hetero) is 1. The highest BCUT2D eigenvalue weighted by atomic mass is 35.5. The van der Waals surface area contributed by atoms with Crippen molar-refractivity contribution in [1.82, 2.24) is 4.31 Å². The Morgan fingerprint density at radius 1 is 1.11 bits per heavy atom. The summed E-state index contributed by atoms with van der Waals surface area (Å²) in [5.41, 5.74) is 0.561. The van der Waals surface area contributed by atoms with Crippen molar-refractivity contribution in [2.45, 2.75) is 48.7 Å². The molecule has 0 amide bonds. The summed E-state index contributed by atoms with van der Waals surface area (Å²) in [4.78, 5) is 13.0. The van der Waals surface area contributed by atoms with Crippen molar-refractivity contribution >= 4 is 50.3 Å². The van der Waals surface area contributed by atoms with Crippen LogP contribution in [0.2, 0.25) is 9.36 Å². The number of benzene rings is 2. The highest BCUT2D eigenvalue weighted by Gasteiger charge is 2.39. The number of carbonyl (C=O) groups is 1. The van der Waals surface area contributed by atoms with E-state index >= 15 is 0 Å². The Bertz CT molecular complexity index is 1390. The molecule has 0 N–H and O–H groups in total.